The van der Waals surface area contributed by atoms with E-state index in [-0.39, 0.29) is 29.3 Å². The van der Waals surface area contributed by atoms with E-state index >= 15 is 0 Å². The fraction of sp³-hybridized carbons (Fsp3) is 0.500. The van der Waals surface area contributed by atoms with Gasteiger partial charge in [0.15, 0.2) is 11.4 Å². The van der Waals surface area contributed by atoms with Crippen LogP contribution in [0.5, 0.6) is 5.75 Å². The molecule has 1 aliphatic heterocycles. The number of hydrogen-bond donors (Lipinski definition) is 2. The van der Waals surface area contributed by atoms with Crippen molar-refractivity contribution in [2.75, 3.05) is 20.2 Å². The second kappa shape index (κ2) is 9.00. The van der Waals surface area contributed by atoms with E-state index in [9.17, 15) is 20.0 Å². The molecule has 4 atom stereocenters. The van der Waals surface area contributed by atoms with Crippen LogP contribution in [0.2, 0.25) is 0 Å². The Kier molecular flexibility index (Phi) is 6.04. The molecular formula is C26H31N3O5. The highest BCUT2D eigenvalue weighted by Gasteiger charge is 2.58. The van der Waals surface area contributed by atoms with Crippen LogP contribution in [0, 0.1) is 27.9 Å². The van der Waals surface area contributed by atoms with Gasteiger partial charge in [-0.05, 0) is 41.9 Å². The third kappa shape index (κ3) is 4.05. The molecule has 0 radical (unpaired) electrons. The topological polar surface area (TPSA) is 105 Å². The number of aliphatic hydroxyl groups is 1. The minimum Gasteiger partial charge on any atom is -0.490 e. The standard InChI is InChI=1S/C26H31N3O5/c1-34-23-12-11-17(13-22(23)29(32)33)14-28-15-20-21(16-28)24(20)27-25(30)26(31,19-9-5-6-10-19)18-7-3-2-4-8-18/h2-4,7-8,11-13,19-21,24,31H,5-6,9-10,14-16H2,1H3,(H,27,30)/t20-,21+,24?,26?. The van der Waals surface area contributed by atoms with Crippen LogP contribution < -0.4 is 10.1 Å². The first-order valence-electron chi connectivity index (χ1n) is 12.0. The molecule has 8 heteroatoms. The number of amides is 1. The molecule has 5 rings (SSSR count). The molecule has 3 aliphatic rings. The summed E-state index contributed by atoms with van der Waals surface area (Å²) in [5.41, 5.74) is 0.0275. The van der Waals surface area contributed by atoms with Gasteiger partial charge in [0, 0.05) is 37.7 Å². The predicted molar refractivity (Wildman–Crippen MR) is 126 cm³/mol. The number of rotatable bonds is 8. The van der Waals surface area contributed by atoms with E-state index in [0.717, 1.165) is 44.3 Å². The van der Waals surface area contributed by atoms with Crippen molar-refractivity contribution in [1.82, 2.24) is 10.2 Å². The number of benzene rings is 2. The van der Waals surface area contributed by atoms with Crippen LogP contribution in [-0.4, -0.2) is 47.1 Å². The van der Waals surface area contributed by atoms with Gasteiger partial charge in [-0.1, -0.05) is 49.2 Å². The number of methoxy groups -OCH3 is 1. The highest BCUT2D eigenvalue weighted by molar-refractivity contribution is 5.87. The van der Waals surface area contributed by atoms with Crippen molar-refractivity contribution in [3.8, 4) is 5.75 Å². The molecule has 1 amide bonds. The Balaban J connectivity index is 1.22. The van der Waals surface area contributed by atoms with E-state index in [0.29, 0.717) is 23.9 Å². The molecule has 180 valence electrons. The lowest BCUT2D eigenvalue weighted by Gasteiger charge is -2.33. The van der Waals surface area contributed by atoms with Gasteiger partial charge >= 0.3 is 5.69 Å². The third-order valence-corrected chi connectivity index (χ3v) is 7.92. The van der Waals surface area contributed by atoms with Crippen LogP contribution in [0.15, 0.2) is 48.5 Å². The van der Waals surface area contributed by atoms with Crippen LogP contribution in [0.4, 0.5) is 5.69 Å². The van der Waals surface area contributed by atoms with Gasteiger partial charge in [-0.25, -0.2) is 0 Å². The van der Waals surface area contributed by atoms with Crippen molar-refractivity contribution >= 4 is 11.6 Å². The van der Waals surface area contributed by atoms with Gasteiger partial charge in [0.1, 0.15) is 0 Å². The third-order valence-electron chi connectivity index (χ3n) is 7.92. The number of nitro benzene ring substituents is 1. The van der Waals surface area contributed by atoms with Crippen LogP contribution in [0.25, 0.3) is 0 Å². The fourth-order valence-corrected chi connectivity index (χ4v) is 6.04. The highest BCUT2D eigenvalue weighted by Crippen LogP contribution is 2.47. The molecule has 0 bridgehead atoms. The van der Waals surface area contributed by atoms with Gasteiger partial charge < -0.3 is 15.2 Å². The van der Waals surface area contributed by atoms with Crippen LogP contribution >= 0.6 is 0 Å². The first kappa shape index (κ1) is 22.8. The van der Waals surface area contributed by atoms with Crippen LogP contribution in [-0.2, 0) is 16.9 Å². The lowest BCUT2D eigenvalue weighted by molar-refractivity contribution is -0.385. The first-order chi connectivity index (χ1) is 16.4. The summed E-state index contributed by atoms with van der Waals surface area (Å²) >= 11 is 0. The van der Waals surface area contributed by atoms with E-state index in [4.69, 9.17) is 4.74 Å². The summed E-state index contributed by atoms with van der Waals surface area (Å²) < 4.78 is 5.09. The lowest BCUT2D eigenvalue weighted by Crippen LogP contribution is -2.50. The lowest BCUT2D eigenvalue weighted by atomic mass is 9.79. The predicted octanol–water partition coefficient (Wildman–Crippen LogP) is 3.23. The highest BCUT2D eigenvalue weighted by atomic mass is 16.6. The number of nitrogens with zero attached hydrogens (tertiary/aromatic N) is 2. The number of fused-ring (bicyclic) bond motifs is 1. The average Bonchev–Trinajstić information content (AvgIpc) is 3.26. The maximum absolute atomic E-state index is 13.4. The number of nitro groups is 1. The smallest absolute Gasteiger partial charge is 0.311 e. The number of likely N-dealkylation sites (tertiary alicyclic amines) is 1. The molecule has 3 fully saturated rings. The Morgan fingerprint density at radius 1 is 1.18 bits per heavy atom. The van der Waals surface area contributed by atoms with Gasteiger partial charge in [0.2, 0.25) is 0 Å². The molecule has 0 spiro atoms. The van der Waals surface area contributed by atoms with Gasteiger partial charge in [-0.3, -0.25) is 19.8 Å². The van der Waals surface area contributed by atoms with E-state index in [1.54, 1.807) is 12.1 Å². The molecule has 8 nitrogen and oxygen atoms in total. The van der Waals surface area contributed by atoms with Crippen molar-refractivity contribution in [3.05, 3.63) is 69.8 Å². The summed E-state index contributed by atoms with van der Waals surface area (Å²) in [5, 5.41) is 26.1. The molecule has 34 heavy (non-hydrogen) atoms. The second-order valence-electron chi connectivity index (χ2n) is 9.90. The van der Waals surface area contributed by atoms with Crippen molar-refractivity contribution in [1.29, 1.82) is 0 Å². The minimum atomic E-state index is -1.49. The van der Waals surface area contributed by atoms with Crippen molar-refractivity contribution < 1.29 is 19.6 Å². The quantitative estimate of drug-likeness (QED) is 0.458. The summed E-state index contributed by atoms with van der Waals surface area (Å²) in [6.07, 6.45) is 3.80. The number of carbonyl (C=O) groups excluding carboxylic acids is 1. The van der Waals surface area contributed by atoms with Crippen LogP contribution in [0.1, 0.15) is 36.8 Å². The average molecular weight is 466 g/mol. The molecule has 1 heterocycles. The van der Waals surface area contributed by atoms with E-state index < -0.39 is 10.5 Å². The molecule has 1 saturated heterocycles. The number of ether oxygens (including phenoxy) is 1. The molecule has 2 unspecified atom stereocenters. The maximum Gasteiger partial charge on any atom is 0.311 e. The summed E-state index contributed by atoms with van der Waals surface area (Å²) in [7, 11) is 1.43. The van der Waals surface area contributed by atoms with Gasteiger partial charge in [0.05, 0.1) is 12.0 Å². The molecule has 2 aliphatic carbocycles. The zero-order chi connectivity index (χ0) is 23.9. The molecule has 0 aromatic heterocycles. The number of nitrogens with one attached hydrogen (secondary N) is 1. The molecule has 2 N–H and O–H groups in total. The normalized spacial score (nSPS) is 26.0. The van der Waals surface area contributed by atoms with Crippen molar-refractivity contribution in [2.45, 2.75) is 43.9 Å². The summed E-state index contributed by atoms with van der Waals surface area (Å²) in [6, 6.07) is 14.5. The Morgan fingerprint density at radius 3 is 2.47 bits per heavy atom. The summed E-state index contributed by atoms with van der Waals surface area (Å²) in [4.78, 5) is 26.6. The monoisotopic (exact) mass is 465 g/mol. The summed E-state index contributed by atoms with van der Waals surface area (Å²) in [5.74, 6) is 0.619. The van der Waals surface area contributed by atoms with Crippen LogP contribution in [0.3, 0.4) is 0 Å². The van der Waals surface area contributed by atoms with Gasteiger partial charge in [-0.15, -0.1) is 0 Å². The van der Waals surface area contributed by atoms with Gasteiger partial charge in [0.25, 0.3) is 5.91 Å². The van der Waals surface area contributed by atoms with E-state index in [1.807, 2.05) is 36.4 Å². The SMILES string of the molecule is COc1ccc(CN2C[C@@H]3C(NC(=O)C(O)(c4ccccc4)C4CCCC4)[C@@H]3C2)cc1[N+](=O)[O-]. The van der Waals surface area contributed by atoms with Crippen molar-refractivity contribution in [2.24, 2.45) is 17.8 Å². The van der Waals surface area contributed by atoms with Gasteiger partial charge in [-0.2, -0.15) is 0 Å². The largest absolute Gasteiger partial charge is 0.490 e. The second-order valence-corrected chi connectivity index (χ2v) is 9.90. The Hall–Kier alpha value is -2.97. The zero-order valence-electron chi connectivity index (χ0n) is 19.4. The molecular weight excluding hydrogens is 434 g/mol. The molecule has 2 saturated carbocycles. The Labute approximate surface area is 199 Å². The van der Waals surface area contributed by atoms with E-state index in [2.05, 4.69) is 10.2 Å². The minimum absolute atomic E-state index is 0.0263. The number of piperidine rings is 1. The zero-order valence-corrected chi connectivity index (χ0v) is 19.4. The van der Waals surface area contributed by atoms with Crippen molar-refractivity contribution in [3.63, 3.8) is 0 Å². The summed E-state index contributed by atoms with van der Waals surface area (Å²) in [6.45, 7) is 2.26. The fourth-order valence-electron chi connectivity index (χ4n) is 6.04. The Bertz CT molecular complexity index is 1060. The maximum atomic E-state index is 13.4. The molecule has 2 aromatic rings. The first-order valence-corrected chi connectivity index (χ1v) is 12.0. The number of hydrogen-bond acceptors (Lipinski definition) is 6. The number of carbonyl (C=O) groups is 1. The van der Waals surface area contributed by atoms with E-state index in [1.165, 1.54) is 7.11 Å². The Morgan fingerprint density at radius 2 is 1.85 bits per heavy atom. The molecule has 2 aromatic carbocycles.